The average Bonchev–Trinajstić information content (AvgIpc) is 3.35. The second-order valence-electron chi connectivity index (χ2n) is 7.00. The molecule has 136 valence electrons. The molecule has 3 unspecified atom stereocenters. The Morgan fingerprint density at radius 1 is 1.40 bits per heavy atom. The van der Waals surface area contributed by atoms with Crippen molar-refractivity contribution in [3.8, 4) is 0 Å². The lowest BCUT2D eigenvalue weighted by atomic mass is 9.80. The smallest absolute Gasteiger partial charge is 0.313 e. The Labute approximate surface area is 156 Å². The van der Waals surface area contributed by atoms with Crippen molar-refractivity contribution in [3.63, 3.8) is 0 Å². The Morgan fingerprint density at radius 3 is 2.80 bits per heavy atom. The SMILES string of the molecule is COCC1(C(=O)O)CCCN(C(=O)C2CC2c2ccc(Cl)cc2Cl)C1. The van der Waals surface area contributed by atoms with Crippen molar-refractivity contribution >= 4 is 35.1 Å². The van der Waals surface area contributed by atoms with Crippen LogP contribution < -0.4 is 0 Å². The first kappa shape index (κ1) is 18.5. The molecule has 0 bridgehead atoms. The predicted octanol–water partition coefficient (Wildman–Crippen LogP) is 3.44. The third-order valence-corrected chi connectivity index (χ3v) is 5.79. The second-order valence-corrected chi connectivity index (χ2v) is 7.84. The van der Waals surface area contributed by atoms with E-state index >= 15 is 0 Å². The molecule has 5 nitrogen and oxygen atoms in total. The van der Waals surface area contributed by atoms with Crippen LogP contribution in [0, 0.1) is 11.3 Å². The zero-order chi connectivity index (χ0) is 18.2. The molecule has 1 aromatic carbocycles. The van der Waals surface area contributed by atoms with E-state index in [0.29, 0.717) is 29.4 Å². The van der Waals surface area contributed by atoms with Gasteiger partial charge in [-0.05, 0) is 42.9 Å². The van der Waals surface area contributed by atoms with Gasteiger partial charge >= 0.3 is 5.97 Å². The van der Waals surface area contributed by atoms with Crippen molar-refractivity contribution in [2.75, 3.05) is 26.8 Å². The highest BCUT2D eigenvalue weighted by atomic mass is 35.5. The zero-order valence-corrected chi connectivity index (χ0v) is 15.5. The first-order valence-corrected chi connectivity index (χ1v) is 9.09. The summed E-state index contributed by atoms with van der Waals surface area (Å²) in [7, 11) is 1.49. The van der Waals surface area contributed by atoms with Gasteiger partial charge in [-0.25, -0.2) is 0 Å². The van der Waals surface area contributed by atoms with Crippen LogP contribution in [-0.2, 0) is 14.3 Å². The minimum absolute atomic E-state index is 0.0115. The number of aliphatic carboxylic acids is 1. The number of carbonyl (C=O) groups is 2. The van der Waals surface area contributed by atoms with E-state index < -0.39 is 11.4 Å². The minimum Gasteiger partial charge on any atom is -0.481 e. The van der Waals surface area contributed by atoms with Gasteiger partial charge in [-0.1, -0.05) is 29.3 Å². The summed E-state index contributed by atoms with van der Waals surface area (Å²) in [6.45, 7) is 0.908. The van der Waals surface area contributed by atoms with Gasteiger partial charge in [0.1, 0.15) is 5.41 Å². The Hall–Kier alpha value is -1.30. The quantitative estimate of drug-likeness (QED) is 0.842. The van der Waals surface area contributed by atoms with Crippen LogP contribution in [0.1, 0.15) is 30.7 Å². The predicted molar refractivity (Wildman–Crippen MR) is 95.1 cm³/mol. The van der Waals surface area contributed by atoms with Crippen molar-refractivity contribution in [1.82, 2.24) is 4.90 Å². The highest BCUT2D eigenvalue weighted by Crippen LogP contribution is 2.51. The number of likely N-dealkylation sites (tertiary alicyclic amines) is 1. The summed E-state index contributed by atoms with van der Waals surface area (Å²) in [6, 6.07) is 5.33. The lowest BCUT2D eigenvalue weighted by molar-refractivity contribution is -0.159. The third-order valence-electron chi connectivity index (χ3n) is 5.23. The Balaban J connectivity index is 1.70. The number of halogens is 2. The topological polar surface area (TPSA) is 66.8 Å². The molecule has 1 amide bonds. The number of amides is 1. The first-order valence-electron chi connectivity index (χ1n) is 8.34. The molecule has 7 heteroatoms. The lowest BCUT2D eigenvalue weighted by Gasteiger charge is -2.39. The number of benzene rings is 1. The lowest BCUT2D eigenvalue weighted by Crippen LogP contribution is -2.52. The molecular weight excluding hydrogens is 365 g/mol. The van der Waals surface area contributed by atoms with E-state index in [-0.39, 0.29) is 30.9 Å². The molecule has 3 rings (SSSR count). The van der Waals surface area contributed by atoms with Crippen molar-refractivity contribution < 1.29 is 19.4 Å². The zero-order valence-electron chi connectivity index (χ0n) is 14.0. The second kappa shape index (κ2) is 7.14. The summed E-state index contributed by atoms with van der Waals surface area (Å²) in [5, 5.41) is 10.8. The van der Waals surface area contributed by atoms with Crippen LogP contribution in [0.5, 0.6) is 0 Å². The summed E-state index contributed by atoms with van der Waals surface area (Å²) in [5.41, 5.74) is -0.0758. The molecule has 25 heavy (non-hydrogen) atoms. The molecule has 1 saturated carbocycles. The van der Waals surface area contributed by atoms with E-state index in [2.05, 4.69) is 0 Å². The molecule has 2 fully saturated rings. The number of carboxylic acids is 1. The highest BCUT2D eigenvalue weighted by Gasteiger charge is 2.50. The number of hydrogen-bond donors (Lipinski definition) is 1. The maximum atomic E-state index is 12.9. The maximum Gasteiger partial charge on any atom is 0.313 e. The summed E-state index contributed by atoms with van der Waals surface area (Å²) in [4.78, 5) is 26.3. The fraction of sp³-hybridized carbons (Fsp3) is 0.556. The number of piperidine rings is 1. The van der Waals surface area contributed by atoms with Gasteiger partial charge in [0.05, 0.1) is 6.61 Å². The maximum absolute atomic E-state index is 12.9. The van der Waals surface area contributed by atoms with E-state index in [4.69, 9.17) is 27.9 Å². The number of hydrogen-bond acceptors (Lipinski definition) is 3. The number of carboxylic acid groups (broad SMARTS) is 1. The molecule has 1 aliphatic heterocycles. The standard InChI is InChI=1S/C18H21Cl2NO4/c1-25-10-18(17(23)24)5-2-6-21(9-18)16(22)14-8-13(14)12-4-3-11(19)7-15(12)20/h3-4,7,13-14H,2,5-6,8-10H2,1H3,(H,23,24). The number of nitrogens with zero attached hydrogens (tertiary/aromatic N) is 1. The van der Waals surface area contributed by atoms with Crippen LogP contribution in [-0.4, -0.2) is 48.7 Å². The summed E-state index contributed by atoms with van der Waals surface area (Å²) >= 11 is 12.2. The van der Waals surface area contributed by atoms with E-state index in [1.165, 1.54) is 7.11 Å². The largest absolute Gasteiger partial charge is 0.481 e. The molecule has 2 aliphatic rings. The number of carbonyl (C=O) groups excluding carboxylic acids is 1. The van der Waals surface area contributed by atoms with Gasteiger partial charge < -0.3 is 14.7 Å². The van der Waals surface area contributed by atoms with Gasteiger partial charge in [0.25, 0.3) is 0 Å². The normalized spacial score (nSPS) is 28.7. The Morgan fingerprint density at radius 2 is 2.16 bits per heavy atom. The van der Waals surface area contributed by atoms with Crippen molar-refractivity contribution in [1.29, 1.82) is 0 Å². The van der Waals surface area contributed by atoms with E-state index in [9.17, 15) is 14.7 Å². The van der Waals surface area contributed by atoms with Crippen LogP contribution in [0.3, 0.4) is 0 Å². The monoisotopic (exact) mass is 385 g/mol. The van der Waals surface area contributed by atoms with Crippen LogP contribution in [0.2, 0.25) is 10.0 Å². The molecule has 1 aliphatic carbocycles. The van der Waals surface area contributed by atoms with E-state index in [1.54, 1.807) is 17.0 Å². The fourth-order valence-corrected chi connectivity index (χ4v) is 4.35. The average molecular weight is 386 g/mol. The van der Waals surface area contributed by atoms with Crippen molar-refractivity contribution in [2.45, 2.75) is 25.2 Å². The summed E-state index contributed by atoms with van der Waals surface area (Å²) < 4.78 is 5.12. The van der Waals surface area contributed by atoms with Crippen molar-refractivity contribution in [3.05, 3.63) is 33.8 Å². The molecule has 1 saturated heterocycles. The van der Waals surface area contributed by atoms with Crippen molar-refractivity contribution in [2.24, 2.45) is 11.3 Å². The third kappa shape index (κ3) is 3.64. The van der Waals surface area contributed by atoms with Gasteiger partial charge in [-0.15, -0.1) is 0 Å². The van der Waals surface area contributed by atoms with Crippen LogP contribution in [0.25, 0.3) is 0 Å². The molecule has 1 aromatic rings. The van der Waals surface area contributed by atoms with Gasteiger partial charge in [0.2, 0.25) is 5.91 Å². The van der Waals surface area contributed by atoms with Crippen LogP contribution >= 0.6 is 23.2 Å². The molecule has 0 aromatic heterocycles. The Kier molecular flexibility index (Phi) is 5.28. The number of rotatable bonds is 5. The van der Waals surface area contributed by atoms with Gasteiger partial charge in [0.15, 0.2) is 0 Å². The van der Waals surface area contributed by atoms with Gasteiger partial charge in [-0.3, -0.25) is 9.59 Å². The summed E-state index contributed by atoms with van der Waals surface area (Å²) in [5.74, 6) is -0.941. The molecular formula is C18H21Cl2NO4. The molecule has 0 radical (unpaired) electrons. The van der Waals surface area contributed by atoms with Crippen LogP contribution in [0.15, 0.2) is 18.2 Å². The number of methoxy groups -OCH3 is 1. The molecule has 1 N–H and O–H groups in total. The molecule has 0 spiro atoms. The van der Waals surface area contributed by atoms with Crippen LogP contribution in [0.4, 0.5) is 0 Å². The molecule has 1 heterocycles. The fourth-order valence-electron chi connectivity index (χ4n) is 3.80. The van der Waals surface area contributed by atoms with Gasteiger partial charge in [0, 0.05) is 36.2 Å². The minimum atomic E-state index is -1.01. The Bertz CT molecular complexity index is 692. The first-order chi connectivity index (χ1) is 11.9. The number of ether oxygens (including phenoxy) is 1. The molecule has 3 atom stereocenters. The van der Waals surface area contributed by atoms with E-state index in [1.807, 2.05) is 6.07 Å². The van der Waals surface area contributed by atoms with Gasteiger partial charge in [-0.2, -0.15) is 0 Å². The van der Waals surface area contributed by atoms with E-state index in [0.717, 1.165) is 12.0 Å². The highest BCUT2D eigenvalue weighted by molar-refractivity contribution is 6.35. The summed E-state index contributed by atoms with van der Waals surface area (Å²) in [6.07, 6.45) is 1.93.